The quantitative estimate of drug-likeness (QED) is 0.791. The van der Waals surface area contributed by atoms with Gasteiger partial charge in [0.05, 0.1) is 0 Å². The number of aromatic hydroxyl groups is 1. The van der Waals surface area contributed by atoms with Crippen molar-refractivity contribution < 1.29 is 19.8 Å². The average Bonchev–Trinajstić information content (AvgIpc) is 2.41. The molecule has 2 rings (SSSR count). The van der Waals surface area contributed by atoms with E-state index in [1.54, 1.807) is 12.1 Å². The molecule has 1 amide bonds. The lowest BCUT2D eigenvalue weighted by Crippen LogP contribution is -2.42. The van der Waals surface area contributed by atoms with Crippen molar-refractivity contribution in [1.82, 2.24) is 0 Å². The average molecular weight is 262 g/mol. The molecule has 0 saturated heterocycles. The van der Waals surface area contributed by atoms with Crippen LogP contribution >= 0.6 is 0 Å². The van der Waals surface area contributed by atoms with Gasteiger partial charge in [0.1, 0.15) is 5.75 Å². The number of benzene rings is 1. The molecule has 0 heterocycles. The van der Waals surface area contributed by atoms with Crippen LogP contribution in [-0.4, -0.2) is 17.0 Å². The number of carboxylic acid groups (broad SMARTS) is 1. The highest BCUT2D eigenvalue weighted by Crippen LogP contribution is 2.30. The molecule has 2 atom stereocenters. The second-order valence-electron chi connectivity index (χ2n) is 4.85. The summed E-state index contributed by atoms with van der Waals surface area (Å²) in [6.45, 7) is 0. The summed E-state index contributed by atoms with van der Waals surface area (Å²) in [6.07, 6.45) is 2.75. The van der Waals surface area contributed by atoms with Gasteiger partial charge in [-0.05, 0) is 37.1 Å². The summed E-state index contributed by atoms with van der Waals surface area (Å²) in [6, 6.07) is 6.08. The molecule has 0 aliphatic heterocycles. The van der Waals surface area contributed by atoms with E-state index in [0.29, 0.717) is 18.5 Å². The first kappa shape index (κ1) is 13.4. The van der Waals surface area contributed by atoms with Crippen molar-refractivity contribution in [3.05, 3.63) is 24.3 Å². The molecule has 1 aromatic carbocycles. The lowest BCUT2D eigenvalue weighted by molar-refractivity contribution is -0.313. The number of phenolic OH excluding ortho intramolecular Hbond substituents is 1. The molecule has 1 saturated carbocycles. The molecule has 0 aromatic heterocycles. The van der Waals surface area contributed by atoms with E-state index in [9.17, 15) is 14.7 Å². The maximum atomic E-state index is 12.1. The van der Waals surface area contributed by atoms with E-state index >= 15 is 0 Å². The first-order valence-electron chi connectivity index (χ1n) is 6.38. The molecule has 0 unspecified atom stereocenters. The van der Waals surface area contributed by atoms with Crippen molar-refractivity contribution in [2.45, 2.75) is 25.7 Å². The van der Waals surface area contributed by atoms with Gasteiger partial charge < -0.3 is 20.3 Å². The Hall–Kier alpha value is -2.04. The van der Waals surface area contributed by atoms with E-state index in [0.717, 1.165) is 12.8 Å². The van der Waals surface area contributed by atoms with Crippen LogP contribution in [0, 0.1) is 11.8 Å². The Morgan fingerprint density at radius 1 is 1.11 bits per heavy atom. The molecule has 0 spiro atoms. The third kappa shape index (κ3) is 3.24. The molecule has 19 heavy (non-hydrogen) atoms. The number of aliphatic carboxylic acids is 1. The molecule has 1 aliphatic rings. The van der Waals surface area contributed by atoms with Crippen LogP contribution in [0.2, 0.25) is 0 Å². The maximum absolute atomic E-state index is 12.1. The molecule has 2 N–H and O–H groups in total. The number of anilines is 1. The number of hydrogen-bond donors (Lipinski definition) is 2. The van der Waals surface area contributed by atoms with E-state index in [2.05, 4.69) is 5.32 Å². The number of carboxylic acids is 1. The SMILES string of the molecule is O=C([O-])[C@@H]1CCCC[C@H]1C(=O)Nc1ccc(O)cc1. The monoisotopic (exact) mass is 262 g/mol. The Bertz CT molecular complexity index is 469. The van der Waals surface area contributed by atoms with Crippen molar-refractivity contribution in [3.63, 3.8) is 0 Å². The number of carbonyl (C=O) groups is 2. The first-order chi connectivity index (χ1) is 9.08. The van der Waals surface area contributed by atoms with Crippen LogP contribution in [0.4, 0.5) is 5.69 Å². The van der Waals surface area contributed by atoms with Gasteiger partial charge in [-0.1, -0.05) is 12.8 Å². The van der Waals surface area contributed by atoms with E-state index in [1.807, 2.05) is 0 Å². The number of amides is 1. The number of rotatable bonds is 3. The molecule has 1 fully saturated rings. The standard InChI is InChI=1S/C14H17NO4/c16-10-7-5-9(6-8-10)15-13(17)11-3-1-2-4-12(11)14(18)19/h5-8,11-12,16H,1-4H2,(H,15,17)(H,18,19)/p-1/t11-,12-/m1/s1. The summed E-state index contributed by atoms with van der Waals surface area (Å²) >= 11 is 0. The second kappa shape index (κ2) is 5.73. The highest BCUT2D eigenvalue weighted by Gasteiger charge is 2.31. The summed E-state index contributed by atoms with van der Waals surface area (Å²) < 4.78 is 0. The number of carbonyl (C=O) groups excluding carboxylic acids is 2. The number of phenols is 1. The van der Waals surface area contributed by atoms with Gasteiger partial charge >= 0.3 is 0 Å². The van der Waals surface area contributed by atoms with Crippen molar-refractivity contribution in [2.24, 2.45) is 11.8 Å². The van der Waals surface area contributed by atoms with Crippen LogP contribution in [0.25, 0.3) is 0 Å². The zero-order valence-corrected chi connectivity index (χ0v) is 10.5. The predicted molar refractivity (Wildman–Crippen MR) is 67.2 cm³/mol. The fourth-order valence-corrected chi connectivity index (χ4v) is 2.51. The van der Waals surface area contributed by atoms with Crippen molar-refractivity contribution in [2.75, 3.05) is 5.32 Å². The summed E-state index contributed by atoms with van der Waals surface area (Å²) in [5, 5.41) is 22.9. The van der Waals surface area contributed by atoms with E-state index in [1.165, 1.54) is 12.1 Å². The van der Waals surface area contributed by atoms with Crippen LogP contribution in [0.5, 0.6) is 5.75 Å². The molecule has 5 heteroatoms. The van der Waals surface area contributed by atoms with Crippen LogP contribution < -0.4 is 10.4 Å². The lowest BCUT2D eigenvalue weighted by Gasteiger charge is -2.31. The lowest BCUT2D eigenvalue weighted by atomic mass is 9.78. The minimum absolute atomic E-state index is 0.114. The fraction of sp³-hybridized carbons (Fsp3) is 0.429. The van der Waals surface area contributed by atoms with Gasteiger partial charge in [0.25, 0.3) is 0 Å². The first-order valence-corrected chi connectivity index (χ1v) is 6.38. The predicted octanol–water partition coefficient (Wildman–Crippen LogP) is 0.887. The van der Waals surface area contributed by atoms with Gasteiger partial charge in [0.15, 0.2) is 0 Å². The minimum Gasteiger partial charge on any atom is -0.550 e. The largest absolute Gasteiger partial charge is 0.550 e. The minimum atomic E-state index is -1.15. The summed E-state index contributed by atoms with van der Waals surface area (Å²) in [5.74, 6) is -2.56. The zero-order chi connectivity index (χ0) is 13.8. The van der Waals surface area contributed by atoms with Crippen LogP contribution in [0.3, 0.4) is 0 Å². The van der Waals surface area contributed by atoms with Crippen LogP contribution in [0.1, 0.15) is 25.7 Å². The zero-order valence-electron chi connectivity index (χ0n) is 10.5. The van der Waals surface area contributed by atoms with Crippen molar-refractivity contribution in [3.8, 4) is 5.75 Å². The Morgan fingerprint density at radius 3 is 2.26 bits per heavy atom. The van der Waals surface area contributed by atoms with Crippen LogP contribution in [0.15, 0.2) is 24.3 Å². The van der Waals surface area contributed by atoms with Crippen molar-refractivity contribution in [1.29, 1.82) is 0 Å². The summed E-state index contributed by atoms with van der Waals surface area (Å²) in [7, 11) is 0. The fourth-order valence-electron chi connectivity index (χ4n) is 2.51. The Balaban J connectivity index is 2.05. The normalized spacial score (nSPS) is 22.7. The molecule has 102 valence electrons. The molecule has 0 bridgehead atoms. The van der Waals surface area contributed by atoms with Gasteiger partial charge in [-0.15, -0.1) is 0 Å². The summed E-state index contributed by atoms with van der Waals surface area (Å²) in [4.78, 5) is 23.1. The molecular formula is C14H16NO4-. The van der Waals surface area contributed by atoms with Crippen molar-refractivity contribution >= 4 is 17.6 Å². The van der Waals surface area contributed by atoms with E-state index in [-0.39, 0.29) is 11.7 Å². The summed E-state index contributed by atoms with van der Waals surface area (Å²) in [5.41, 5.74) is 0.547. The molecule has 1 aliphatic carbocycles. The van der Waals surface area contributed by atoms with Gasteiger partial charge in [0.2, 0.25) is 5.91 Å². The van der Waals surface area contributed by atoms with Gasteiger partial charge in [-0.25, -0.2) is 0 Å². The van der Waals surface area contributed by atoms with Gasteiger partial charge in [-0.3, -0.25) is 4.79 Å². The highest BCUT2D eigenvalue weighted by molar-refractivity contribution is 5.95. The van der Waals surface area contributed by atoms with Gasteiger partial charge in [0, 0.05) is 23.5 Å². The molecule has 5 nitrogen and oxygen atoms in total. The molecule has 0 radical (unpaired) electrons. The topological polar surface area (TPSA) is 89.5 Å². The Labute approximate surface area is 111 Å². The Morgan fingerprint density at radius 2 is 1.68 bits per heavy atom. The molecule has 1 aromatic rings. The third-order valence-corrected chi connectivity index (χ3v) is 3.54. The highest BCUT2D eigenvalue weighted by atomic mass is 16.4. The van der Waals surface area contributed by atoms with E-state index < -0.39 is 17.8 Å². The maximum Gasteiger partial charge on any atom is 0.228 e. The number of nitrogens with one attached hydrogen (secondary N) is 1. The number of hydrogen-bond acceptors (Lipinski definition) is 4. The van der Waals surface area contributed by atoms with Crippen LogP contribution in [-0.2, 0) is 9.59 Å². The van der Waals surface area contributed by atoms with E-state index in [4.69, 9.17) is 5.11 Å². The van der Waals surface area contributed by atoms with Gasteiger partial charge in [-0.2, -0.15) is 0 Å². The third-order valence-electron chi connectivity index (χ3n) is 3.54. The second-order valence-corrected chi connectivity index (χ2v) is 4.85. The molecular weight excluding hydrogens is 246 g/mol. The smallest absolute Gasteiger partial charge is 0.228 e. The Kier molecular flexibility index (Phi) is 4.04.